The summed E-state index contributed by atoms with van der Waals surface area (Å²) < 4.78 is -1.92. The van der Waals surface area contributed by atoms with Gasteiger partial charge in [0.2, 0.25) is 3.79 Å². The average molecular weight is 351 g/mol. The van der Waals surface area contributed by atoms with Crippen LogP contribution in [0.25, 0.3) is 5.69 Å². The van der Waals surface area contributed by atoms with Crippen molar-refractivity contribution in [3.05, 3.63) is 35.2 Å². The van der Waals surface area contributed by atoms with Gasteiger partial charge in [-0.15, -0.1) is 0 Å². The molecular formula is C13H14Cl3N3O2. The van der Waals surface area contributed by atoms with Crippen LogP contribution in [0.3, 0.4) is 0 Å². The molecule has 114 valence electrons. The number of aromatic nitrogens is 3. The molecule has 5 nitrogen and oxygen atoms in total. The number of aryl methyl sites for hydroxylation is 2. The number of hydrogen-bond acceptors (Lipinski definition) is 4. The minimum absolute atomic E-state index is 0.123. The molecule has 1 atom stereocenters. The molecule has 1 heterocycles. The van der Waals surface area contributed by atoms with Gasteiger partial charge in [-0.1, -0.05) is 47.8 Å². The van der Waals surface area contributed by atoms with Crippen LogP contribution in [0.5, 0.6) is 5.75 Å². The zero-order valence-electron chi connectivity index (χ0n) is 11.4. The van der Waals surface area contributed by atoms with Crippen molar-refractivity contribution < 1.29 is 10.2 Å². The fourth-order valence-corrected chi connectivity index (χ4v) is 2.27. The lowest BCUT2D eigenvalue weighted by molar-refractivity contribution is 0.178. The number of hydrogen-bond donors (Lipinski definition) is 2. The fourth-order valence-electron chi connectivity index (χ4n) is 1.91. The smallest absolute Gasteiger partial charge is 0.220 e. The number of nitrogens with zero attached hydrogens (tertiary/aromatic N) is 3. The molecule has 2 N–H and O–H groups in total. The topological polar surface area (TPSA) is 71.2 Å². The number of halogens is 3. The van der Waals surface area contributed by atoms with Crippen LogP contribution in [0.4, 0.5) is 0 Å². The number of aromatic hydroxyl groups is 1. The second-order valence-electron chi connectivity index (χ2n) is 4.56. The molecule has 0 aliphatic carbocycles. The number of alkyl halides is 3. The molecule has 0 bridgehead atoms. The lowest BCUT2D eigenvalue weighted by atomic mass is 10.1. The molecule has 0 saturated carbocycles. The van der Waals surface area contributed by atoms with Gasteiger partial charge in [-0.05, 0) is 19.4 Å². The number of aliphatic hydroxyl groups excluding tert-OH is 1. The lowest BCUT2D eigenvalue weighted by Crippen LogP contribution is -2.16. The number of benzene rings is 1. The molecule has 0 aliphatic rings. The van der Waals surface area contributed by atoms with E-state index in [0.717, 1.165) is 17.8 Å². The highest BCUT2D eigenvalue weighted by Crippen LogP contribution is 2.42. The Bertz CT molecular complexity index is 653. The lowest BCUT2D eigenvalue weighted by Gasteiger charge is -2.20. The van der Waals surface area contributed by atoms with Gasteiger partial charge >= 0.3 is 0 Å². The van der Waals surface area contributed by atoms with Crippen molar-refractivity contribution in [2.24, 2.45) is 0 Å². The Hall–Kier alpha value is -1.01. The van der Waals surface area contributed by atoms with Crippen molar-refractivity contribution in [1.82, 2.24) is 15.0 Å². The van der Waals surface area contributed by atoms with E-state index in [0.29, 0.717) is 5.69 Å². The summed E-state index contributed by atoms with van der Waals surface area (Å²) in [6.07, 6.45) is -0.669. The molecule has 0 aliphatic heterocycles. The molecule has 1 aromatic carbocycles. The first-order chi connectivity index (χ1) is 9.74. The summed E-state index contributed by atoms with van der Waals surface area (Å²) in [5, 5.41) is 28.5. The Morgan fingerprint density at radius 3 is 2.43 bits per heavy atom. The van der Waals surface area contributed by atoms with E-state index in [1.54, 1.807) is 6.07 Å². The molecule has 0 saturated heterocycles. The van der Waals surface area contributed by atoms with Crippen molar-refractivity contribution in [3.8, 4) is 11.4 Å². The van der Waals surface area contributed by atoms with Crippen LogP contribution < -0.4 is 0 Å². The first-order valence-corrected chi connectivity index (χ1v) is 7.38. The fraction of sp³-hybridized carbons (Fsp3) is 0.385. The SMILES string of the molecule is CCc1nn(-c2ccc(C(O)C(Cl)(Cl)Cl)c(O)c2)nc1C. The highest BCUT2D eigenvalue weighted by molar-refractivity contribution is 6.68. The summed E-state index contributed by atoms with van der Waals surface area (Å²) in [4.78, 5) is 1.42. The highest BCUT2D eigenvalue weighted by atomic mass is 35.6. The van der Waals surface area contributed by atoms with Crippen LogP contribution in [0.15, 0.2) is 18.2 Å². The van der Waals surface area contributed by atoms with Crippen molar-refractivity contribution in [3.63, 3.8) is 0 Å². The minimum Gasteiger partial charge on any atom is -0.507 e. The minimum atomic E-state index is -1.92. The van der Waals surface area contributed by atoms with Gasteiger partial charge in [0, 0.05) is 11.6 Å². The molecule has 2 rings (SSSR count). The van der Waals surface area contributed by atoms with Gasteiger partial charge in [-0.25, -0.2) is 0 Å². The van der Waals surface area contributed by atoms with Crippen LogP contribution in [0.2, 0.25) is 0 Å². The van der Waals surface area contributed by atoms with Crippen molar-refractivity contribution in [2.45, 2.75) is 30.2 Å². The molecule has 21 heavy (non-hydrogen) atoms. The molecule has 0 fully saturated rings. The normalized spacial score (nSPS) is 13.4. The largest absolute Gasteiger partial charge is 0.507 e. The molecule has 1 unspecified atom stereocenters. The Labute approximate surface area is 137 Å². The van der Waals surface area contributed by atoms with Crippen molar-refractivity contribution in [2.75, 3.05) is 0 Å². The molecule has 1 aromatic heterocycles. The zero-order valence-corrected chi connectivity index (χ0v) is 13.7. The summed E-state index contributed by atoms with van der Waals surface area (Å²) in [5.74, 6) is -0.195. The Balaban J connectivity index is 2.39. The van der Waals surface area contributed by atoms with Gasteiger partial charge in [0.05, 0.1) is 17.1 Å². The van der Waals surface area contributed by atoms with E-state index in [-0.39, 0.29) is 11.3 Å². The van der Waals surface area contributed by atoms with E-state index in [2.05, 4.69) is 10.2 Å². The van der Waals surface area contributed by atoms with E-state index in [1.165, 1.54) is 16.9 Å². The van der Waals surface area contributed by atoms with E-state index in [9.17, 15) is 10.2 Å². The standard InChI is InChI=1S/C13H14Cl3N3O2/c1-3-10-7(2)17-19(18-10)8-4-5-9(11(20)6-8)12(21)13(14,15)16/h4-6,12,20-21H,3H2,1-2H3. The zero-order chi connectivity index (χ0) is 15.8. The highest BCUT2D eigenvalue weighted by Gasteiger charge is 2.34. The Kier molecular flexibility index (Phi) is 4.68. The maximum Gasteiger partial charge on any atom is 0.220 e. The molecule has 0 spiro atoms. The van der Waals surface area contributed by atoms with Crippen LogP contribution in [0, 0.1) is 6.92 Å². The third kappa shape index (κ3) is 3.43. The molecule has 8 heteroatoms. The summed E-state index contributed by atoms with van der Waals surface area (Å²) in [6.45, 7) is 3.85. The van der Waals surface area contributed by atoms with Gasteiger partial charge in [0.15, 0.2) is 0 Å². The molecule has 0 amide bonds. The van der Waals surface area contributed by atoms with Crippen molar-refractivity contribution >= 4 is 34.8 Å². The van der Waals surface area contributed by atoms with E-state index >= 15 is 0 Å². The van der Waals surface area contributed by atoms with Crippen LogP contribution in [-0.4, -0.2) is 29.0 Å². The summed E-state index contributed by atoms with van der Waals surface area (Å²) in [7, 11) is 0. The second kappa shape index (κ2) is 6.01. The maximum atomic E-state index is 10.0. The predicted octanol–water partition coefficient (Wildman–Crippen LogP) is 3.25. The van der Waals surface area contributed by atoms with Gasteiger partial charge in [0.25, 0.3) is 0 Å². The van der Waals surface area contributed by atoms with E-state index in [1.807, 2.05) is 13.8 Å². The average Bonchev–Trinajstić information content (AvgIpc) is 2.78. The van der Waals surface area contributed by atoms with E-state index in [4.69, 9.17) is 34.8 Å². The first-order valence-electron chi connectivity index (χ1n) is 6.25. The molecule has 2 aromatic rings. The van der Waals surface area contributed by atoms with Gasteiger partial charge in [-0.3, -0.25) is 0 Å². The first kappa shape index (κ1) is 16.4. The number of phenolic OH excluding ortho intramolecular Hbond substituents is 1. The van der Waals surface area contributed by atoms with Gasteiger partial charge in [-0.2, -0.15) is 15.0 Å². The van der Waals surface area contributed by atoms with Gasteiger partial charge < -0.3 is 10.2 Å². The quantitative estimate of drug-likeness (QED) is 0.834. The summed E-state index contributed by atoms with van der Waals surface area (Å²) in [6, 6.07) is 4.52. The Morgan fingerprint density at radius 2 is 1.95 bits per heavy atom. The molecular weight excluding hydrogens is 337 g/mol. The third-order valence-electron chi connectivity index (χ3n) is 3.06. The molecule has 0 radical (unpaired) electrons. The monoisotopic (exact) mass is 349 g/mol. The number of rotatable bonds is 3. The summed E-state index contributed by atoms with van der Waals surface area (Å²) >= 11 is 16.9. The Morgan fingerprint density at radius 1 is 1.29 bits per heavy atom. The third-order valence-corrected chi connectivity index (χ3v) is 3.68. The second-order valence-corrected chi connectivity index (χ2v) is 6.93. The van der Waals surface area contributed by atoms with Crippen LogP contribution in [-0.2, 0) is 6.42 Å². The van der Waals surface area contributed by atoms with Crippen LogP contribution >= 0.6 is 34.8 Å². The van der Waals surface area contributed by atoms with E-state index < -0.39 is 9.90 Å². The maximum absolute atomic E-state index is 10.0. The van der Waals surface area contributed by atoms with Gasteiger partial charge in [0.1, 0.15) is 11.9 Å². The summed E-state index contributed by atoms with van der Waals surface area (Å²) in [5.41, 5.74) is 2.37. The predicted molar refractivity (Wildman–Crippen MR) is 82.4 cm³/mol. The van der Waals surface area contributed by atoms with Crippen molar-refractivity contribution in [1.29, 1.82) is 0 Å². The number of aliphatic hydroxyl groups is 1. The van der Waals surface area contributed by atoms with Crippen LogP contribution in [0.1, 0.15) is 30.0 Å². The number of phenols is 1.